The topological polar surface area (TPSA) is 87.2 Å². The molecule has 1 heterocycles. The van der Waals surface area contributed by atoms with Gasteiger partial charge >= 0.3 is 0 Å². The number of anilines is 2. The number of fused-ring (bicyclic) bond motifs is 1. The monoisotopic (exact) mass is 263 g/mol. The second-order valence-electron chi connectivity index (χ2n) is 4.38. The SMILES string of the molecule is N#Cc1cccc(N2C(=O)c3cccc(N)c3C2=O)c1. The maximum absolute atomic E-state index is 12.4. The lowest BCUT2D eigenvalue weighted by molar-refractivity contribution is 0.0926. The maximum atomic E-state index is 12.4. The van der Waals surface area contributed by atoms with Crippen LogP contribution in [0, 0.1) is 11.3 Å². The van der Waals surface area contributed by atoms with E-state index in [0.29, 0.717) is 11.3 Å². The quantitative estimate of drug-likeness (QED) is 0.629. The molecule has 96 valence electrons. The van der Waals surface area contributed by atoms with Crippen molar-refractivity contribution in [3.05, 3.63) is 59.2 Å². The smallest absolute Gasteiger partial charge is 0.268 e. The van der Waals surface area contributed by atoms with Crippen LogP contribution in [0.3, 0.4) is 0 Å². The van der Waals surface area contributed by atoms with Crippen molar-refractivity contribution < 1.29 is 9.59 Å². The van der Waals surface area contributed by atoms with Gasteiger partial charge in [0.15, 0.2) is 0 Å². The molecule has 0 atom stereocenters. The number of hydrogen-bond donors (Lipinski definition) is 1. The molecule has 0 unspecified atom stereocenters. The van der Waals surface area contributed by atoms with E-state index in [1.54, 1.807) is 36.4 Å². The van der Waals surface area contributed by atoms with E-state index in [-0.39, 0.29) is 16.8 Å². The molecule has 0 saturated carbocycles. The standard InChI is InChI=1S/C15H9N3O2/c16-8-9-3-1-4-10(7-9)18-14(19)11-5-2-6-12(17)13(11)15(18)20/h1-7H,17H2. The number of amides is 2. The number of carbonyl (C=O) groups is 2. The molecule has 1 aliphatic heterocycles. The van der Waals surface area contributed by atoms with E-state index in [4.69, 9.17) is 11.0 Å². The molecule has 2 aromatic carbocycles. The number of carbonyl (C=O) groups excluding carboxylic acids is 2. The molecule has 2 N–H and O–H groups in total. The third-order valence-corrected chi connectivity index (χ3v) is 3.18. The molecule has 0 bridgehead atoms. The summed E-state index contributed by atoms with van der Waals surface area (Å²) >= 11 is 0. The normalized spacial score (nSPS) is 13.2. The molecule has 0 fully saturated rings. The summed E-state index contributed by atoms with van der Waals surface area (Å²) in [6, 6.07) is 13.1. The third kappa shape index (κ3) is 1.56. The lowest BCUT2D eigenvalue weighted by Crippen LogP contribution is -2.29. The van der Waals surface area contributed by atoms with Crippen LogP contribution in [-0.4, -0.2) is 11.8 Å². The minimum Gasteiger partial charge on any atom is -0.398 e. The second-order valence-corrected chi connectivity index (χ2v) is 4.38. The first kappa shape index (κ1) is 11.9. The lowest BCUT2D eigenvalue weighted by atomic mass is 10.1. The Kier molecular flexibility index (Phi) is 2.51. The van der Waals surface area contributed by atoms with Crippen molar-refractivity contribution in [2.45, 2.75) is 0 Å². The molecule has 0 aliphatic carbocycles. The van der Waals surface area contributed by atoms with Crippen molar-refractivity contribution in [2.75, 3.05) is 10.6 Å². The van der Waals surface area contributed by atoms with Crippen LogP contribution in [0.1, 0.15) is 26.3 Å². The van der Waals surface area contributed by atoms with Crippen molar-refractivity contribution in [3.8, 4) is 6.07 Å². The highest BCUT2D eigenvalue weighted by atomic mass is 16.2. The molecule has 3 rings (SSSR count). The zero-order chi connectivity index (χ0) is 14.3. The highest BCUT2D eigenvalue weighted by Crippen LogP contribution is 2.31. The van der Waals surface area contributed by atoms with Gasteiger partial charge in [0, 0.05) is 5.69 Å². The second kappa shape index (κ2) is 4.21. The van der Waals surface area contributed by atoms with E-state index in [1.165, 1.54) is 6.07 Å². The van der Waals surface area contributed by atoms with Gasteiger partial charge in [-0.25, -0.2) is 4.90 Å². The van der Waals surface area contributed by atoms with Gasteiger partial charge in [-0.3, -0.25) is 9.59 Å². The maximum Gasteiger partial charge on any atom is 0.268 e. The summed E-state index contributed by atoms with van der Waals surface area (Å²) in [5, 5.41) is 8.90. The molecule has 0 aromatic heterocycles. The number of nitrogens with zero attached hydrogens (tertiary/aromatic N) is 2. The zero-order valence-corrected chi connectivity index (χ0v) is 10.3. The fourth-order valence-corrected chi connectivity index (χ4v) is 2.26. The van der Waals surface area contributed by atoms with Crippen LogP contribution in [0.2, 0.25) is 0 Å². The van der Waals surface area contributed by atoms with Gasteiger partial charge in [0.1, 0.15) is 0 Å². The van der Waals surface area contributed by atoms with Crippen molar-refractivity contribution in [2.24, 2.45) is 0 Å². The Hall–Kier alpha value is -3.13. The van der Waals surface area contributed by atoms with Crippen LogP contribution in [0.4, 0.5) is 11.4 Å². The molecule has 5 heteroatoms. The van der Waals surface area contributed by atoms with E-state index in [9.17, 15) is 9.59 Å². The number of rotatable bonds is 1. The molecule has 2 aromatic rings. The van der Waals surface area contributed by atoms with Crippen molar-refractivity contribution >= 4 is 23.2 Å². The summed E-state index contributed by atoms with van der Waals surface area (Å²) in [5.41, 5.74) is 7.31. The Morgan fingerprint density at radius 2 is 1.80 bits per heavy atom. The Balaban J connectivity index is 2.15. The summed E-state index contributed by atoms with van der Waals surface area (Å²) in [7, 11) is 0. The number of nitrogens with two attached hydrogens (primary N) is 1. The number of nitriles is 1. The molecule has 0 saturated heterocycles. The van der Waals surface area contributed by atoms with E-state index in [1.807, 2.05) is 6.07 Å². The molecule has 5 nitrogen and oxygen atoms in total. The van der Waals surface area contributed by atoms with Crippen LogP contribution < -0.4 is 10.6 Å². The third-order valence-electron chi connectivity index (χ3n) is 3.18. The average Bonchev–Trinajstić information content (AvgIpc) is 2.72. The largest absolute Gasteiger partial charge is 0.398 e. The van der Waals surface area contributed by atoms with Crippen molar-refractivity contribution in [3.63, 3.8) is 0 Å². The summed E-state index contributed by atoms with van der Waals surface area (Å²) in [5.74, 6) is -0.884. The predicted molar refractivity (Wildman–Crippen MR) is 73.2 cm³/mol. The Labute approximate surface area is 114 Å². The number of imide groups is 1. The Bertz CT molecular complexity index is 790. The Morgan fingerprint density at radius 1 is 1.05 bits per heavy atom. The van der Waals surface area contributed by atoms with E-state index in [0.717, 1.165) is 4.90 Å². The molecular weight excluding hydrogens is 254 g/mol. The zero-order valence-electron chi connectivity index (χ0n) is 10.3. The molecule has 0 radical (unpaired) electrons. The lowest BCUT2D eigenvalue weighted by Gasteiger charge is -2.13. The van der Waals surface area contributed by atoms with Gasteiger partial charge in [0.05, 0.1) is 28.4 Å². The van der Waals surface area contributed by atoms with Gasteiger partial charge in [-0.05, 0) is 30.3 Å². The summed E-state index contributed by atoms with van der Waals surface area (Å²) < 4.78 is 0. The molecule has 0 spiro atoms. The van der Waals surface area contributed by atoms with Crippen molar-refractivity contribution in [1.82, 2.24) is 0 Å². The minimum absolute atomic E-state index is 0.222. The molecule has 2 amide bonds. The van der Waals surface area contributed by atoms with Gasteiger partial charge < -0.3 is 5.73 Å². The van der Waals surface area contributed by atoms with Gasteiger partial charge in [-0.15, -0.1) is 0 Å². The summed E-state index contributed by atoms with van der Waals surface area (Å²) in [6.07, 6.45) is 0. The van der Waals surface area contributed by atoms with Gasteiger partial charge in [-0.1, -0.05) is 12.1 Å². The van der Waals surface area contributed by atoms with E-state index < -0.39 is 11.8 Å². The first-order valence-electron chi connectivity index (χ1n) is 5.91. The van der Waals surface area contributed by atoms with Crippen LogP contribution in [-0.2, 0) is 0 Å². The fourth-order valence-electron chi connectivity index (χ4n) is 2.26. The molecular formula is C15H9N3O2. The van der Waals surface area contributed by atoms with E-state index in [2.05, 4.69) is 0 Å². The number of hydrogen-bond acceptors (Lipinski definition) is 4. The van der Waals surface area contributed by atoms with E-state index >= 15 is 0 Å². The van der Waals surface area contributed by atoms with Crippen LogP contribution in [0.5, 0.6) is 0 Å². The first-order chi connectivity index (χ1) is 9.63. The molecule has 1 aliphatic rings. The minimum atomic E-state index is -0.460. The number of benzene rings is 2. The highest BCUT2D eigenvalue weighted by molar-refractivity contribution is 6.35. The van der Waals surface area contributed by atoms with Gasteiger partial charge in [-0.2, -0.15) is 5.26 Å². The summed E-state index contributed by atoms with van der Waals surface area (Å²) in [6.45, 7) is 0. The van der Waals surface area contributed by atoms with Crippen LogP contribution in [0.25, 0.3) is 0 Å². The summed E-state index contributed by atoms with van der Waals surface area (Å²) in [4.78, 5) is 25.7. The van der Waals surface area contributed by atoms with Gasteiger partial charge in [0.25, 0.3) is 11.8 Å². The average molecular weight is 263 g/mol. The van der Waals surface area contributed by atoms with Gasteiger partial charge in [0.2, 0.25) is 0 Å². The fraction of sp³-hybridized carbons (Fsp3) is 0. The first-order valence-corrected chi connectivity index (χ1v) is 5.91. The van der Waals surface area contributed by atoms with Crippen LogP contribution >= 0.6 is 0 Å². The highest BCUT2D eigenvalue weighted by Gasteiger charge is 2.38. The number of nitrogen functional groups attached to an aromatic ring is 1. The van der Waals surface area contributed by atoms with Crippen LogP contribution in [0.15, 0.2) is 42.5 Å². The molecule has 20 heavy (non-hydrogen) atoms. The Morgan fingerprint density at radius 3 is 2.50 bits per heavy atom. The predicted octanol–water partition coefficient (Wildman–Crippen LogP) is 1.94. The van der Waals surface area contributed by atoms with Crippen molar-refractivity contribution in [1.29, 1.82) is 5.26 Å².